The zero-order valence-corrected chi connectivity index (χ0v) is 21.6. The Morgan fingerprint density at radius 3 is 2.42 bits per heavy atom. The van der Waals surface area contributed by atoms with Crippen LogP contribution in [0, 0.1) is 13.5 Å². The van der Waals surface area contributed by atoms with Crippen molar-refractivity contribution < 1.29 is 9.30 Å². The summed E-state index contributed by atoms with van der Waals surface area (Å²) < 4.78 is 9.13. The normalized spacial score (nSPS) is 13.0. The standard InChI is InChI=1S/C29H31N2OSi/c1-18-21-11-9-10-12-22(21)28(33(6,7)8)27-24(18)26-25-20(13-14-31(26)5)15-19(16-23(25)32-27)17-29(2,3)30-4/h9-16H,17H2,1-3,5-8H3/q+1. The SMILES string of the molecule is [C-]#[N+]C(C)(C)Cc1cc2c3c([n+](C)ccc3c1)-c1c(c([Si](C)(C)C)c3ccccc3c1C)O2. The van der Waals surface area contributed by atoms with E-state index in [1.54, 1.807) is 0 Å². The molecule has 0 amide bonds. The molecule has 4 heteroatoms. The molecule has 3 aromatic carbocycles. The van der Waals surface area contributed by atoms with Gasteiger partial charge in [0.25, 0.3) is 0 Å². The van der Waals surface area contributed by atoms with Crippen molar-refractivity contribution in [1.82, 2.24) is 0 Å². The first-order valence-electron chi connectivity index (χ1n) is 11.6. The summed E-state index contributed by atoms with van der Waals surface area (Å²) in [6.07, 6.45) is 2.85. The summed E-state index contributed by atoms with van der Waals surface area (Å²) in [7, 11) is 0.378. The number of fused-ring (bicyclic) bond motifs is 3. The number of hydrogen-bond donors (Lipinski definition) is 0. The van der Waals surface area contributed by atoms with Crippen LogP contribution >= 0.6 is 0 Å². The van der Waals surface area contributed by atoms with Crippen LogP contribution in [0.2, 0.25) is 19.6 Å². The molecule has 0 aliphatic carbocycles. The fourth-order valence-electron chi connectivity index (χ4n) is 5.37. The molecule has 4 aromatic rings. The van der Waals surface area contributed by atoms with Crippen molar-refractivity contribution in [2.75, 3.05) is 0 Å². The van der Waals surface area contributed by atoms with Crippen LogP contribution in [-0.4, -0.2) is 13.6 Å². The second-order valence-corrected chi connectivity index (χ2v) is 16.0. The first-order chi connectivity index (χ1) is 15.5. The molecule has 33 heavy (non-hydrogen) atoms. The minimum atomic E-state index is -1.75. The maximum Gasteiger partial charge on any atom is 0.231 e. The van der Waals surface area contributed by atoms with E-state index in [0.29, 0.717) is 6.42 Å². The van der Waals surface area contributed by atoms with Gasteiger partial charge in [0.05, 0.1) is 25.4 Å². The van der Waals surface area contributed by atoms with Gasteiger partial charge in [0, 0.05) is 19.9 Å². The summed E-state index contributed by atoms with van der Waals surface area (Å²) in [5.41, 5.74) is 4.43. The summed E-state index contributed by atoms with van der Waals surface area (Å²) >= 11 is 0. The molecule has 166 valence electrons. The number of hydrogen-bond acceptors (Lipinski definition) is 1. The molecule has 1 aliphatic rings. The lowest BCUT2D eigenvalue weighted by Crippen LogP contribution is -2.41. The van der Waals surface area contributed by atoms with Gasteiger partial charge in [0.2, 0.25) is 11.2 Å². The van der Waals surface area contributed by atoms with Gasteiger partial charge in [-0.2, -0.15) is 0 Å². The fraction of sp³-hybridized carbons (Fsp3) is 0.310. The van der Waals surface area contributed by atoms with Gasteiger partial charge in [0.1, 0.15) is 18.5 Å². The largest absolute Gasteiger partial charge is 0.456 e. The van der Waals surface area contributed by atoms with Gasteiger partial charge in [-0.3, -0.25) is 0 Å². The lowest BCUT2D eigenvalue weighted by atomic mass is 9.89. The van der Waals surface area contributed by atoms with Crippen LogP contribution in [0.15, 0.2) is 48.7 Å². The minimum Gasteiger partial charge on any atom is -0.456 e. The number of benzene rings is 3. The molecular formula is C29H31N2OSi+. The molecule has 0 bridgehead atoms. The fourth-order valence-corrected chi connectivity index (χ4v) is 7.25. The predicted octanol–water partition coefficient (Wildman–Crippen LogP) is 6.68. The molecule has 0 unspecified atom stereocenters. The van der Waals surface area contributed by atoms with Crippen LogP contribution in [0.25, 0.3) is 37.6 Å². The van der Waals surface area contributed by atoms with Crippen molar-refractivity contribution in [1.29, 1.82) is 0 Å². The number of aromatic nitrogens is 1. The van der Waals surface area contributed by atoms with Crippen LogP contribution in [0.1, 0.15) is 25.0 Å². The van der Waals surface area contributed by atoms with Gasteiger partial charge in [-0.25, -0.2) is 11.1 Å². The molecule has 0 saturated carbocycles. The van der Waals surface area contributed by atoms with E-state index in [1.165, 1.54) is 38.2 Å². The summed E-state index contributed by atoms with van der Waals surface area (Å²) in [5, 5.41) is 6.35. The number of ether oxygens (including phenoxy) is 1. The van der Waals surface area contributed by atoms with E-state index < -0.39 is 13.6 Å². The van der Waals surface area contributed by atoms with Crippen LogP contribution in [-0.2, 0) is 13.5 Å². The van der Waals surface area contributed by atoms with E-state index in [2.05, 4.69) is 91.7 Å². The van der Waals surface area contributed by atoms with E-state index in [-0.39, 0.29) is 0 Å². The average Bonchev–Trinajstić information content (AvgIpc) is 2.74. The molecule has 0 spiro atoms. The maximum absolute atomic E-state index is 7.58. The highest BCUT2D eigenvalue weighted by Crippen LogP contribution is 2.48. The van der Waals surface area contributed by atoms with Crippen LogP contribution in [0.4, 0.5) is 0 Å². The molecule has 0 N–H and O–H groups in total. The Bertz CT molecular complexity index is 1500. The van der Waals surface area contributed by atoms with Gasteiger partial charge in [-0.1, -0.05) is 50.0 Å². The first kappa shape index (κ1) is 21.7. The van der Waals surface area contributed by atoms with Crippen molar-refractivity contribution in [2.24, 2.45) is 7.05 Å². The van der Waals surface area contributed by atoms with Crippen molar-refractivity contribution in [2.45, 2.75) is 52.4 Å². The average molecular weight is 452 g/mol. The van der Waals surface area contributed by atoms with Crippen LogP contribution in [0.3, 0.4) is 0 Å². The molecule has 2 heterocycles. The van der Waals surface area contributed by atoms with Gasteiger partial charge in [-0.15, -0.1) is 0 Å². The summed E-state index contributed by atoms with van der Waals surface area (Å²) in [5.74, 6) is 1.94. The van der Waals surface area contributed by atoms with Crippen molar-refractivity contribution in [3.05, 3.63) is 71.2 Å². The van der Waals surface area contributed by atoms with E-state index >= 15 is 0 Å². The quantitative estimate of drug-likeness (QED) is 0.170. The van der Waals surface area contributed by atoms with E-state index in [1.807, 2.05) is 13.8 Å². The second kappa shape index (κ2) is 7.17. The zero-order chi connectivity index (χ0) is 23.7. The highest BCUT2D eigenvalue weighted by molar-refractivity contribution is 6.91. The molecule has 0 atom stereocenters. The Kier molecular flexibility index (Phi) is 4.71. The molecular weight excluding hydrogens is 420 g/mol. The maximum atomic E-state index is 7.58. The summed E-state index contributed by atoms with van der Waals surface area (Å²) in [6.45, 7) is 21.0. The number of aryl methyl sites for hydroxylation is 2. The first-order valence-corrected chi connectivity index (χ1v) is 15.1. The minimum absolute atomic E-state index is 0.439. The van der Waals surface area contributed by atoms with Crippen LogP contribution < -0.4 is 14.5 Å². The third-order valence-electron chi connectivity index (χ3n) is 6.83. The smallest absolute Gasteiger partial charge is 0.231 e. The lowest BCUT2D eigenvalue weighted by Gasteiger charge is -2.30. The van der Waals surface area contributed by atoms with Crippen LogP contribution in [0.5, 0.6) is 11.5 Å². The monoisotopic (exact) mass is 451 g/mol. The van der Waals surface area contributed by atoms with Gasteiger partial charge in [-0.05, 0) is 45.5 Å². The van der Waals surface area contributed by atoms with Crippen molar-refractivity contribution in [3.63, 3.8) is 0 Å². The Balaban J connectivity index is 1.91. The highest BCUT2D eigenvalue weighted by atomic mass is 28.3. The summed E-state index contributed by atoms with van der Waals surface area (Å²) in [4.78, 5) is 3.84. The van der Waals surface area contributed by atoms with Gasteiger partial charge in [0.15, 0.2) is 6.20 Å². The second-order valence-electron chi connectivity index (χ2n) is 11.0. The van der Waals surface area contributed by atoms with Gasteiger partial charge < -0.3 is 9.58 Å². The Morgan fingerprint density at radius 1 is 1.06 bits per heavy atom. The van der Waals surface area contributed by atoms with E-state index in [9.17, 15) is 0 Å². The van der Waals surface area contributed by atoms with Crippen molar-refractivity contribution >= 4 is 34.8 Å². The zero-order valence-electron chi connectivity index (χ0n) is 20.6. The molecule has 1 aliphatic heterocycles. The Labute approximate surface area is 197 Å². The van der Waals surface area contributed by atoms with Crippen molar-refractivity contribution in [3.8, 4) is 22.8 Å². The topological polar surface area (TPSA) is 17.5 Å². The predicted molar refractivity (Wildman–Crippen MR) is 140 cm³/mol. The lowest BCUT2D eigenvalue weighted by molar-refractivity contribution is -0.659. The Hall–Kier alpha value is -3.16. The third kappa shape index (κ3) is 3.34. The molecule has 1 aromatic heterocycles. The summed E-state index contributed by atoms with van der Waals surface area (Å²) in [6, 6.07) is 15.4. The molecule has 0 radical (unpaired) electrons. The Morgan fingerprint density at radius 2 is 1.76 bits per heavy atom. The number of nitrogens with zero attached hydrogens (tertiary/aromatic N) is 2. The molecule has 0 saturated heterocycles. The molecule has 0 fully saturated rings. The van der Waals surface area contributed by atoms with E-state index in [4.69, 9.17) is 11.3 Å². The molecule has 3 nitrogen and oxygen atoms in total. The highest BCUT2D eigenvalue weighted by Gasteiger charge is 2.36. The number of rotatable bonds is 3. The molecule has 5 rings (SSSR count). The number of pyridine rings is 1. The van der Waals surface area contributed by atoms with E-state index in [0.717, 1.165) is 22.4 Å². The van der Waals surface area contributed by atoms with Gasteiger partial charge >= 0.3 is 0 Å². The third-order valence-corrected chi connectivity index (χ3v) is 8.82.